The first-order chi connectivity index (χ1) is 10.5. The van der Waals surface area contributed by atoms with Crippen molar-refractivity contribution in [3.63, 3.8) is 0 Å². The molecular formula is C17H22N4O. The Morgan fingerprint density at radius 3 is 2.55 bits per heavy atom. The number of pyridine rings is 1. The molecule has 0 fully saturated rings. The quantitative estimate of drug-likeness (QED) is 0.832. The smallest absolute Gasteiger partial charge is 0.256 e. The Labute approximate surface area is 131 Å². The molecule has 0 atom stereocenters. The number of amides is 1. The average molecular weight is 298 g/mol. The molecule has 0 aliphatic carbocycles. The monoisotopic (exact) mass is 298 g/mol. The molecular weight excluding hydrogens is 276 g/mol. The topological polar surface area (TPSA) is 71.2 Å². The molecule has 2 rings (SSSR count). The van der Waals surface area contributed by atoms with Crippen molar-refractivity contribution >= 4 is 23.1 Å². The van der Waals surface area contributed by atoms with E-state index in [0.29, 0.717) is 16.9 Å². The molecule has 116 valence electrons. The number of nitrogens with zero attached hydrogens (tertiary/aromatic N) is 2. The summed E-state index contributed by atoms with van der Waals surface area (Å²) >= 11 is 0. The van der Waals surface area contributed by atoms with Gasteiger partial charge in [0.25, 0.3) is 5.91 Å². The summed E-state index contributed by atoms with van der Waals surface area (Å²) in [6.45, 7) is 7.86. The molecule has 1 amide bonds. The molecule has 0 unspecified atom stereocenters. The highest BCUT2D eigenvalue weighted by atomic mass is 16.1. The van der Waals surface area contributed by atoms with Gasteiger partial charge < -0.3 is 16.0 Å². The maximum Gasteiger partial charge on any atom is 0.256 e. The van der Waals surface area contributed by atoms with E-state index in [-0.39, 0.29) is 5.91 Å². The van der Waals surface area contributed by atoms with Crippen LogP contribution in [0, 0.1) is 6.92 Å². The Kier molecular flexibility index (Phi) is 4.99. The minimum atomic E-state index is -0.179. The Balaban J connectivity index is 2.13. The summed E-state index contributed by atoms with van der Waals surface area (Å²) in [5.41, 5.74) is 8.45. The largest absolute Gasteiger partial charge is 0.399 e. The summed E-state index contributed by atoms with van der Waals surface area (Å²) in [7, 11) is 0. The van der Waals surface area contributed by atoms with Crippen LogP contribution in [0.5, 0.6) is 0 Å². The highest BCUT2D eigenvalue weighted by molar-refractivity contribution is 6.05. The molecule has 0 spiro atoms. The highest BCUT2D eigenvalue weighted by Crippen LogP contribution is 2.17. The zero-order valence-electron chi connectivity index (χ0n) is 13.3. The van der Waals surface area contributed by atoms with E-state index in [9.17, 15) is 4.79 Å². The number of benzene rings is 1. The van der Waals surface area contributed by atoms with Gasteiger partial charge >= 0.3 is 0 Å². The maximum absolute atomic E-state index is 12.3. The molecule has 0 aliphatic rings. The normalized spacial score (nSPS) is 10.3. The van der Waals surface area contributed by atoms with Gasteiger partial charge in [0.15, 0.2) is 0 Å². The fourth-order valence-corrected chi connectivity index (χ4v) is 2.28. The first kappa shape index (κ1) is 15.8. The van der Waals surface area contributed by atoms with Crippen molar-refractivity contribution in [3.05, 3.63) is 47.7 Å². The zero-order valence-corrected chi connectivity index (χ0v) is 13.3. The van der Waals surface area contributed by atoms with Crippen molar-refractivity contribution in [3.8, 4) is 0 Å². The van der Waals surface area contributed by atoms with Gasteiger partial charge in [0, 0.05) is 24.3 Å². The van der Waals surface area contributed by atoms with E-state index in [4.69, 9.17) is 5.73 Å². The minimum Gasteiger partial charge on any atom is -0.399 e. The van der Waals surface area contributed by atoms with Crippen molar-refractivity contribution in [2.24, 2.45) is 0 Å². The lowest BCUT2D eigenvalue weighted by atomic mass is 10.1. The number of hydrogen-bond acceptors (Lipinski definition) is 4. The summed E-state index contributed by atoms with van der Waals surface area (Å²) < 4.78 is 0. The van der Waals surface area contributed by atoms with Crippen molar-refractivity contribution in [2.45, 2.75) is 20.8 Å². The van der Waals surface area contributed by atoms with Gasteiger partial charge in [0.1, 0.15) is 5.82 Å². The van der Waals surface area contributed by atoms with Crippen molar-refractivity contribution in [1.29, 1.82) is 0 Å². The minimum absolute atomic E-state index is 0.179. The SMILES string of the molecule is CCN(CC)c1ccc(NC(=O)c2cc(N)ccc2C)cn1. The van der Waals surface area contributed by atoms with Crippen LogP contribution < -0.4 is 16.0 Å². The van der Waals surface area contributed by atoms with Crippen molar-refractivity contribution in [1.82, 2.24) is 4.98 Å². The standard InChI is InChI=1S/C17H22N4O/c1-4-21(5-2)16-9-8-14(11-19-16)20-17(22)15-10-13(18)7-6-12(15)3/h6-11H,4-5,18H2,1-3H3,(H,20,22). The highest BCUT2D eigenvalue weighted by Gasteiger charge is 2.10. The fourth-order valence-electron chi connectivity index (χ4n) is 2.28. The summed E-state index contributed by atoms with van der Waals surface area (Å²) in [5, 5.41) is 2.85. The first-order valence-electron chi connectivity index (χ1n) is 7.43. The molecule has 2 aromatic rings. The number of hydrogen-bond donors (Lipinski definition) is 2. The second kappa shape index (κ2) is 6.93. The number of nitrogens with two attached hydrogens (primary N) is 1. The van der Waals surface area contributed by atoms with Crippen LogP contribution >= 0.6 is 0 Å². The number of rotatable bonds is 5. The van der Waals surface area contributed by atoms with E-state index in [0.717, 1.165) is 24.5 Å². The van der Waals surface area contributed by atoms with Crippen LogP contribution in [-0.4, -0.2) is 24.0 Å². The molecule has 0 saturated heterocycles. The van der Waals surface area contributed by atoms with Gasteiger partial charge in [0.2, 0.25) is 0 Å². The molecule has 0 radical (unpaired) electrons. The van der Waals surface area contributed by atoms with Crippen LogP contribution in [0.15, 0.2) is 36.5 Å². The third-order valence-electron chi connectivity index (χ3n) is 3.60. The number of carbonyl (C=O) groups excluding carboxylic acids is 1. The van der Waals surface area contributed by atoms with Gasteiger partial charge in [-0.15, -0.1) is 0 Å². The third-order valence-corrected chi connectivity index (χ3v) is 3.60. The number of aryl methyl sites for hydroxylation is 1. The predicted octanol–water partition coefficient (Wildman–Crippen LogP) is 3.07. The Bertz CT molecular complexity index is 648. The number of anilines is 3. The molecule has 22 heavy (non-hydrogen) atoms. The van der Waals surface area contributed by atoms with Gasteiger partial charge in [-0.2, -0.15) is 0 Å². The molecule has 0 saturated carbocycles. The number of nitrogen functional groups attached to an aromatic ring is 1. The van der Waals surface area contributed by atoms with E-state index >= 15 is 0 Å². The lowest BCUT2D eigenvalue weighted by molar-refractivity contribution is 0.102. The van der Waals surface area contributed by atoms with Crippen LogP contribution in [0.1, 0.15) is 29.8 Å². The summed E-state index contributed by atoms with van der Waals surface area (Å²) in [6, 6.07) is 9.08. The molecule has 5 nitrogen and oxygen atoms in total. The predicted molar refractivity (Wildman–Crippen MR) is 91.3 cm³/mol. The fraction of sp³-hybridized carbons (Fsp3) is 0.294. The number of carbonyl (C=O) groups is 1. The van der Waals surface area contributed by atoms with Gasteiger partial charge in [-0.05, 0) is 50.6 Å². The van der Waals surface area contributed by atoms with Gasteiger partial charge in [-0.25, -0.2) is 4.98 Å². The van der Waals surface area contributed by atoms with Gasteiger partial charge in [-0.1, -0.05) is 6.07 Å². The zero-order chi connectivity index (χ0) is 16.1. The van der Waals surface area contributed by atoms with E-state index in [2.05, 4.69) is 29.0 Å². The number of aromatic nitrogens is 1. The molecule has 0 bridgehead atoms. The second-order valence-corrected chi connectivity index (χ2v) is 5.11. The molecule has 1 aromatic carbocycles. The summed E-state index contributed by atoms with van der Waals surface area (Å²) in [4.78, 5) is 18.9. The molecule has 1 aromatic heterocycles. The Morgan fingerprint density at radius 1 is 1.23 bits per heavy atom. The lowest BCUT2D eigenvalue weighted by Crippen LogP contribution is -2.23. The molecule has 3 N–H and O–H groups in total. The first-order valence-corrected chi connectivity index (χ1v) is 7.43. The molecule has 0 aliphatic heterocycles. The van der Waals surface area contributed by atoms with Crippen LogP contribution in [0.25, 0.3) is 0 Å². The van der Waals surface area contributed by atoms with Crippen molar-refractivity contribution in [2.75, 3.05) is 29.0 Å². The average Bonchev–Trinajstić information content (AvgIpc) is 2.52. The number of nitrogens with one attached hydrogen (secondary N) is 1. The van der Waals surface area contributed by atoms with Gasteiger partial charge in [0.05, 0.1) is 11.9 Å². The molecule has 1 heterocycles. The Morgan fingerprint density at radius 2 is 1.95 bits per heavy atom. The van der Waals surface area contributed by atoms with Crippen LogP contribution in [0.4, 0.5) is 17.2 Å². The van der Waals surface area contributed by atoms with Crippen LogP contribution in [0.3, 0.4) is 0 Å². The van der Waals surface area contributed by atoms with Crippen molar-refractivity contribution < 1.29 is 4.79 Å². The van der Waals surface area contributed by atoms with E-state index in [1.807, 2.05) is 25.1 Å². The van der Waals surface area contributed by atoms with E-state index in [1.54, 1.807) is 18.3 Å². The Hall–Kier alpha value is -2.56. The van der Waals surface area contributed by atoms with Crippen LogP contribution in [-0.2, 0) is 0 Å². The maximum atomic E-state index is 12.3. The summed E-state index contributed by atoms with van der Waals surface area (Å²) in [5.74, 6) is 0.727. The van der Waals surface area contributed by atoms with Gasteiger partial charge in [-0.3, -0.25) is 4.79 Å². The van der Waals surface area contributed by atoms with E-state index < -0.39 is 0 Å². The summed E-state index contributed by atoms with van der Waals surface area (Å²) in [6.07, 6.45) is 1.67. The lowest BCUT2D eigenvalue weighted by Gasteiger charge is -2.19. The molecule has 5 heteroatoms. The van der Waals surface area contributed by atoms with E-state index in [1.165, 1.54) is 0 Å². The third kappa shape index (κ3) is 3.55. The van der Waals surface area contributed by atoms with Crippen LogP contribution in [0.2, 0.25) is 0 Å². The second-order valence-electron chi connectivity index (χ2n) is 5.11.